The summed E-state index contributed by atoms with van der Waals surface area (Å²) in [7, 11) is 0. The number of hydrogen-bond acceptors (Lipinski definition) is 6. The van der Waals surface area contributed by atoms with Crippen LogP contribution < -0.4 is 0 Å². The molecule has 1 unspecified atom stereocenters. The predicted molar refractivity (Wildman–Crippen MR) is 72.3 cm³/mol. The van der Waals surface area contributed by atoms with Crippen molar-refractivity contribution in [1.29, 1.82) is 0 Å². The van der Waals surface area contributed by atoms with E-state index in [9.17, 15) is 4.79 Å². The number of thioether (sulfide) groups is 1. The summed E-state index contributed by atoms with van der Waals surface area (Å²) in [5, 5.41) is 3.89. The minimum absolute atomic E-state index is 0.00972. The van der Waals surface area contributed by atoms with Crippen LogP contribution in [-0.4, -0.2) is 32.6 Å². The van der Waals surface area contributed by atoms with Crippen LogP contribution in [0.2, 0.25) is 0 Å². The maximum Gasteiger partial charge on any atom is 0.250 e. The van der Waals surface area contributed by atoms with Gasteiger partial charge >= 0.3 is 0 Å². The minimum Gasteiger partial charge on any atom is -0.446 e. The molecular weight excluding hydrogens is 334 g/mol. The number of aromatic nitrogens is 2. The van der Waals surface area contributed by atoms with Gasteiger partial charge in [0, 0.05) is 12.7 Å². The Hall–Kier alpha value is -1.28. The lowest BCUT2D eigenvalue weighted by atomic mass is 10.3. The van der Waals surface area contributed by atoms with E-state index in [0.717, 1.165) is 5.75 Å². The van der Waals surface area contributed by atoms with Crippen LogP contribution in [0.4, 0.5) is 0 Å². The summed E-state index contributed by atoms with van der Waals surface area (Å²) >= 11 is 4.89. The van der Waals surface area contributed by atoms with Crippen LogP contribution in [0.5, 0.6) is 0 Å². The Bertz CT molecular complexity index is 612. The minimum atomic E-state index is -0.151. The molecule has 1 aliphatic rings. The van der Waals surface area contributed by atoms with E-state index in [1.807, 2.05) is 0 Å². The van der Waals surface area contributed by atoms with Crippen LogP contribution in [0.3, 0.4) is 0 Å². The van der Waals surface area contributed by atoms with Crippen molar-refractivity contribution in [3.05, 3.63) is 22.7 Å². The number of carbonyl (C=O) groups excluding carboxylic acids is 1. The number of furan rings is 1. The van der Waals surface area contributed by atoms with Crippen LogP contribution in [-0.2, 0) is 4.79 Å². The van der Waals surface area contributed by atoms with Crippen molar-refractivity contribution in [3.8, 4) is 11.6 Å². The Balaban J connectivity index is 1.87. The van der Waals surface area contributed by atoms with Gasteiger partial charge in [0.15, 0.2) is 10.4 Å². The number of halogens is 1. The molecule has 0 aliphatic carbocycles. The summed E-state index contributed by atoms with van der Waals surface area (Å²) in [5.41, 5.74) is 0. The van der Waals surface area contributed by atoms with Gasteiger partial charge in [0.05, 0.1) is 5.88 Å². The van der Waals surface area contributed by atoms with E-state index in [2.05, 4.69) is 26.1 Å². The van der Waals surface area contributed by atoms with Crippen molar-refractivity contribution in [2.24, 2.45) is 0 Å². The standard InChI is InChI=1S/C11H10BrN3O3S/c1-6(16)15-5-19-4-7(15)11-13-10(14-18-11)8-2-3-9(12)17-8/h2-3,7H,4-5H2,1H3. The summed E-state index contributed by atoms with van der Waals surface area (Å²) in [5.74, 6) is 2.80. The van der Waals surface area contributed by atoms with E-state index < -0.39 is 0 Å². The van der Waals surface area contributed by atoms with Crippen LogP contribution in [0, 0.1) is 0 Å². The van der Waals surface area contributed by atoms with Gasteiger partial charge in [0.2, 0.25) is 11.7 Å². The molecule has 100 valence electrons. The molecule has 1 amide bonds. The third-order valence-electron chi connectivity index (χ3n) is 2.81. The van der Waals surface area contributed by atoms with E-state index in [1.54, 1.807) is 35.7 Å². The Labute approximate surface area is 121 Å². The molecule has 0 aromatic carbocycles. The second-order valence-electron chi connectivity index (χ2n) is 4.06. The monoisotopic (exact) mass is 343 g/mol. The summed E-state index contributed by atoms with van der Waals surface area (Å²) < 4.78 is 11.2. The molecule has 2 aromatic rings. The molecule has 3 rings (SSSR count). The fourth-order valence-electron chi connectivity index (χ4n) is 1.86. The number of hydrogen-bond donors (Lipinski definition) is 0. The number of amides is 1. The van der Waals surface area contributed by atoms with Crippen LogP contribution in [0.15, 0.2) is 25.7 Å². The van der Waals surface area contributed by atoms with Gasteiger partial charge < -0.3 is 13.8 Å². The first-order chi connectivity index (χ1) is 9.15. The lowest BCUT2D eigenvalue weighted by molar-refractivity contribution is -0.129. The molecule has 3 heterocycles. The first-order valence-corrected chi connectivity index (χ1v) is 7.54. The number of carbonyl (C=O) groups is 1. The summed E-state index contributed by atoms with van der Waals surface area (Å²) in [6, 6.07) is 3.37. The zero-order valence-corrected chi connectivity index (χ0v) is 12.4. The van der Waals surface area contributed by atoms with Gasteiger partial charge in [-0.1, -0.05) is 5.16 Å². The Morgan fingerprint density at radius 2 is 2.42 bits per heavy atom. The highest BCUT2D eigenvalue weighted by atomic mass is 79.9. The SMILES string of the molecule is CC(=O)N1CSCC1c1nc(-c2ccc(Br)o2)no1. The molecule has 0 bridgehead atoms. The third-order valence-corrected chi connectivity index (χ3v) is 4.25. The van der Waals surface area contributed by atoms with Gasteiger partial charge in [-0.25, -0.2) is 0 Å². The Morgan fingerprint density at radius 3 is 3.11 bits per heavy atom. The zero-order valence-electron chi connectivity index (χ0n) is 10.00. The van der Waals surface area contributed by atoms with E-state index >= 15 is 0 Å². The lowest BCUT2D eigenvalue weighted by Gasteiger charge is -2.18. The smallest absolute Gasteiger partial charge is 0.250 e. The highest BCUT2D eigenvalue weighted by Crippen LogP contribution is 2.33. The molecule has 0 radical (unpaired) electrons. The van der Waals surface area contributed by atoms with Crippen LogP contribution in [0.1, 0.15) is 18.9 Å². The van der Waals surface area contributed by atoms with Crippen molar-refractivity contribution in [2.45, 2.75) is 13.0 Å². The number of rotatable bonds is 2. The van der Waals surface area contributed by atoms with Crippen molar-refractivity contribution >= 4 is 33.6 Å². The van der Waals surface area contributed by atoms with Crippen molar-refractivity contribution in [2.75, 3.05) is 11.6 Å². The number of nitrogens with zero attached hydrogens (tertiary/aromatic N) is 3. The maximum atomic E-state index is 11.5. The highest BCUT2D eigenvalue weighted by Gasteiger charge is 2.33. The molecule has 8 heteroatoms. The van der Waals surface area contributed by atoms with Crippen molar-refractivity contribution < 1.29 is 13.7 Å². The topological polar surface area (TPSA) is 72.4 Å². The van der Waals surface area contributed by atoms with Crippen LogP contribution in [0.25, 0.3) is 11.6 Å². The average Bonchev–Trinajstić information content (AvgIpc) is 3.07. The largest absolute Gasteiger partial charge is 0.446 e. The summed E-state index contributed by atoms with van der Waals surface area (Å²) in [6.07, 6.45) is 0. The van der Waals surface area contributed by atoms with E-state index in [4.69, 9.17) is 8.94 Å². The first-order valence-electron chi connectivity index (χ1n) is 5.59. The lowest BCUT2D eigenvalue weighted by Crippen LogP contribution is -2.28. The Morgan fingerprint density at radius 1 is 1.58 bits per heavy atom. The highest BCUT2D eigenvalue weighted by molar-refractivity contribution is 9.10. The van der Waals surface area contributed by atoms with Gasteiger partial charge in [-0.3, -0.25) is 4.79 Å². The molecule has 1 saturated heterocycles. The van der Waals surface area contributed by atoms with Crippen molar-refractivity contribution in [1.82, 2.24) is 15.0 Å². The van der Waals surface area contributed by atoms with Crippen LogP contribution >= 0.6 is 27.7 Å². The average molecular weight is 344 g/mol. The van der Waals surface area contributed by atoms with Crippen molar-refractivity contribution in [3.63, 3.8) is 0 Å². The van der Waals surface area contributed by atoms with Gasteiger partial charge in [-0.05, 0) is 28.1 Å². The molecule has 0 saturated carbocycles. The van der Waals surface area contributed by atoms with Gasteiger partial charge in [0.1, 0.15) is 6.04 Å². The molecule has 1 atom stereocenters. The van der Waals surface area contributed by atoms with E-state index in [-0.39, 0.29) is 11.9 Å². The third kappa shape index (κ3) is 2.42. The molecule has 1 fully saturated rings. The molecule has 19 heavy (non-hydrogen) atoms. The molecule has 6 nitrogen and oxygen atoms in total. The maximum absolute atomic E-state index is 11.5. The van der Waals surface area contributed by atoms with Gasteiger partial charge in [0.25, 0.3) is 5.89 Å². The molecular formula is C11H10BrN3O3S. The molecule has 1 aliphatic heterocycles. The normalized spacial score (nSPS) is 19.1. The zero-order chi connectivity index (χ0) is 13.4. The van der Waals surface area contributed by atoms with E-state index in [1.165, 1.54) is 0 Å². The Kier molecular flexibility index (Phi) is 3.36. The van der Waals surface area contributed by atoms with E-state index in [0.29, 0.717) is 28.0 Å². The van der Waals surface area contributed by atoms with Gasteiger partial charge in [-0.2, -0.15) is 4.98 Å². The quantitative estimate of drug-likeness (QED) is 0.834. The molecule has 0 spiro atoms. The predicted octanol–water partition coefficient (Wildman–Crippen LogP) is 2.69. The first kappa shape index (κ1) is 12.7. The van der Waals surface area contributed by atoms with Gasteiger partial charge in [-0.15, -0.1) is 11.8 Å². The summed E-state index contributed by atoms with van der Waals surface area (Å²) in [6.45, 7) is 1.54. The second-order valence-corrected chi connectivity index (χ2v) is 5.85. The second kappa shape index (κ2) is 5.01. The fraction of sp³-hybridized carbons (Fsp3) is 0.364. The summed E-state index contributed by atoms with van der Waals surface area (Å²) in [4.78, 5) is 17.5. The molecule has 0 N–H and O–H groups in total. The fourth-order valence-corrected chi connectivity index (χ4v) is 3.38. The molecule has 2 aromatic heterocycles.